The van der Waals surface area contributed by atoms with Gasteiger partial charge in [-0.1, -0.05) is 44.2 Å². The quantitative estimate of drug-likeness (QED) is 0.895. The van der Waals surface area contributed by atoms with Gasteiger partial charge in [-0.25, -0.2) is 0 Å². The number of hydrogen-bond donors (Lipinski definition) is 1. The molecular formula is C17H28N2O. The van der Waals surface area contributed by atoms with E-state index in [-0.39, 0.29) is 12.1 Å². The highest BCUT2D eigenvalue weighted by molar-refractivity contribution is 5.19. The topological polar surface area (TPSA) is 26.7 Å². The van der Waals surface area contributed by atoms with Crippen LogP contribution in [0.5, 0.6) is 0 Å². The number of piperazine rings is 1. The van der Waals surface area contributed by atoms with Gasteiger partial charge in [0.25, 0.3) is 0 Å². The Labute approximate surface area is 123 Å². The zero-order valence-electron chi connectivity index (χ0n) is 13.0. The van der Waals surface area contributed by atoms with Crippen molar-refractivity contribution in [3.63, 3.8) is 0 Å². The molecule has 1 saturated heterocycles. The maximum Gasteiger partial charge on any atom is 0.0945 e. The summed E-state index contributed by atoms with van der Waals surface area (Å²) < 4.78 is 0. The van der Waals surface area contributed by atoms with Gasteiger partial charge in [-0.2, -0.15) is 0 Å². The zero-order valence-corrected chi connectivity index (χ0v) is 13.0. The Morgan fingerprint density at radius 3 is 2.45 bits per heavy atom. The molecule has 0 aromatic heterocycles. The maximum absolute atomic E-state index is 10.7. The van der Waals surface area contributed by atoms with Crippen molar-refractivity contribution in [2.45, 2.75) is 45.4 Å². The first-order valence-electron chi connectivity index (χ1n) is 7.88. The van der Waals surface area contributed by atoms with E-state index in [9.17, 15) is 5.11 Å². The highest BCUT2D eigenvalue weighted by Crippen LogP contribution is 2.25. The van der Waals surface area contributed by atoms with Crippen molar-refractivity contribution in [2.24, 2.45) is 0 Å². The van der Waals surface area contributed by atoms with Crippen molar-refractivity contribution in [2.75, 3.05) is 26.2 Å². The lowest BCUT2D eigenvalue weighted by Crippen LogP contribution is -2.55. The van der Waals surface area contributed by atoms with Crippen molar-refractivity contribution in [3.05, 3.63) is 35.9 Å². The van der Waals surface area contributed by atoms with Crippen LogP contribution in [-0.2, 0) is 0 Å². The molecule has 1 aromatic rings. The van der Waals surface area contributed by atoms with E-state index in [1.807, 2.05) is 30.3 Å². The number of aliphatic hydroxyl groups excluding tert-OH is 1. The van der Waals surface area contributed by atoms with Gasteiger partial charge in [0.15, 0.2) is 0 Å². The fourth-order valence-corrected chi connectivity index (χ4v) is 3.35. The standard InChI is InChI=1S/C17H28N2O/c1-4-16(17(20)15-9-7-6-8-10-15)19-12-11-18(5-2)14(3)13-19/h6-10,14,16-17,20H,4-5,11-13H2,1-3H3. The number of hydrogen-bond acceptors (Lipinski definition) is 3. The fraction of sp³-hybridized carbons (Fsp3) is 0.647. The second kappa shape index (κ2) is 7.21. The van der Waals surface area contributed by atoms with E-state index in [0.717, 1.165) is 38.2 Å². The van der Waals surface area contributed by atoms with E-state index >= 15 is 0 Å². The third-order valence-electron chi connectivity index (χ3n) is 4.60. The first-order chi connectivity index (χ1) is 9.67. The van der Waals surface area contributed by atoms with Crippen molar-refractivity contribution in [3.8, 4) is 0 Å². The van der Waals surface area contributed by atoms with Gasteiger partial charge < -0.3 is 5.11 Å². The molecule has 20 heavy (non-hydrogen) atoms. The van der Waals surface area contributed by atoms with Gasteiger partial charge in [0, 0.05) is 31.7 Å². The Bertz CT molecular complexity index is 395. The Morgan fingerprint density at radius 2 is 1.90 bits per heavy atom. The molecule has 0 saturated carbocycles. The minimum atomic E-state index is -0.387. The second-order valence-electron chi connectivity index (χ2n) is 5.80. The summed E-state index contributed by atoms with van der Waals surface area (Å²) in [5.41, 5.74) is 1.03. The first-order valence-corrected chi connectivity index (χ1v) is 7.88. The Kier molecular flexibility index (Phi) is 5.58. The lowest BCUT2D eigenvalue weighted by atomic mass is 9.97. The zero-order chi connectivity index (χ0) is 14.5. The molecule has 112 valence electrons. The molecule has 1 heterocycles. The third-order valence-corrected chi connectivity index (χ3v) is 4.60. The molecule has 3 nitrogen and oxygen atoms in total. The van der Waals surface area contributed by atoms with Gasteiger partial charge in [-0.05, 0) is 25.5 Å². The summed E-state index contributed by atoms with van der Waals surface area (Å²) in [7, 11) is 0. The number of rotatable bonds is 5. The fourth-order valence-electron chi connectivity index (χ4n) is 3.35. The van der Waals surface area contributed by atoms with E-state index in [0.29, 0.717) is 6.04 Å². The number of benzene rings is 1. The molecule has 1 fully saturated rings. The van der Waals surface area contributed by atoms with Crippen molar-refractivity contribution < 1.29 is 5.11 Å². The van der Waals surface area contributed by atoms with Crippen LogP contribution in [0, 0.1) is 0 Å². The molecule has 2 rings (SSSR count). The minimum Gasteiger partial charge on any atom is -0.387 e. The predicted molar refractivity (Wildman–Crippen MR) is 83.8 cm³/mol. The monoisotopic (exact) mass is 276 g/mol. The number of nitrogens with zero attached hydrogens (tertiary/aromatic N) is 2. The van der Waals surface area contributed by atoms with Gasteiger partial charge in [0.05, 0.1) is 6.10 Å². The van der Waals surface area contributed by atoms with E-state index in [2.05, 4.69) is 30.6 Å². The highest BCUT2D eigenvalue weighted by Gasteiger charge is 2.31. The Balaban J connectivity index is 2.05. The van der Waals surface area contributed by atoms with E-state index in [4.69, 9.17) is 0 Å². The van der Waals surface area contributed by atoms with Gasteiger partial charge in [-0.3, -0.25) is 9.80 Å². The lowest BCUT2D eigenvalue weighted by molar-refractivity contribution is -0.00143. The average Bonchev–Trinajstić information content (AvgIpc) is 2.49. The van der Waals surface area contributed by atoms with Gasteiger partial charge >= 0.3 is 0 Å². The van der Waals surface area contributed by atoms with Gasteiger partial charge in [-0.15, -0.1) is 0 Å². The van der Waals surface area contributed by atoms with Crippen LogP contribution in [0.2, 0.25) is 0 Å². The normalized spacial score (nSPS) is 24.5. The predicted octanol–water partition coefficient (Wildman–Crippen LogP) is 2.52. The highest BCUT2D eigenvalue weighted by atomic mass is 16.3. The second-order valence-corrected chi connectivity index (χ2v) is 5.80. The molecule has 1 aromatic carbocycles. The Hall–Kier alpha value is -0.900. The van der Waals surface area contributed by atoms with E-state index < -0.39 is 0 Å². The third kappa shape index (κ3) is 3.40. The van der Waals surface area contributed by atoms with Crippen LogP contribution in [0.4, 0.5) is 0 Å². The van der Waals surface area contributed by atoms with Crippen LogP contribution in [0.3, 0.4) is 0 Å². The summed E-state index contributed by atoms with van der Waals surface area (Å²) in [6.07, 6.45) is 0.594. The molecule has 1 aliphatic heterocycles. The summed E-state index contributed by atoms with van der Waals surface area (Å²) in [5.74, 6) is 0. The number of aliphatic hydroxyl groups is 1. The molecule has 0 radical (unpaired) electrons. The van der Waals surface area contributed by atoms with E-state index in [1.165, 1.54) is 0 Å². The summed E-state index contributed by atoms with van der Waals surface area (Å²) in [6.45, 7) is 11.0. The van der Waals surface area contributed by atoms with Crippen molar-refractivity contribution in [1.29, 1.82) is 0 Å². The van der Waals surface area contributed by atoms with Crippen LogP contribution in [0.15, 0.2) is 30.3 Å². The van der Waals surface area contributed by atoms with Gasteiger partial charge in [0.2, 0.25) is 0 Å². The molecule has 0 amide bonds. The molecule has 3 unspecified atom stereocenters. The minimum absolute atomic E-state index is 0.221. The summed E-state index contributed by atoms with van der Waals surface area (Å²) in [4.78, 5) is 4.98. The van der Waals surface area contributed by atoms with Gasteiger partial charge in [0.1, 0.15) is 0 Å². The maximum atomic E-state index is 10.7. The van der Waals surface area contributed by atoms with Crippen molar-refractivity contribution >= 4 is 0 Å². The first kappa shape index (κ1) is 15.5. The lowest BCUT2D eigenvalue weighted by Gasteiger charge is -2.44. The van der Waals surface area contributed by atoms with Crippen molar-refractivity contribution in [1.82, 2.24) is 9.80 Å². The number of likely N-dealkylation sites (N-methyl/N-ethyl adjacent to an activating group) is 1. The SMILES string of the molecule is CCC(C(O)c1ccccc1)N1CCN(CC)C(C)C1. The van der Waals surface area contributed by atoms with Crippen LogP contribution >= 0.6 is 0 Å². The Morgan fingerprint density at radius 1 is 1.20 bits per heavy atom. The van der Waals surface area contributed by atoms with Crippen LogP contribution in [0.25, 0.3) is 0 Å². The molecule has 3 heteroatoms. The molecule has 1 N–H and O–H groups in total. The van der Waals surface area contributed by atoms with E-state index in [1.54, 1.807) is 0 Å². The summed E-state index contributed by atoms with van der Waals surface area (Å²) in [6, 6.07) is 10.9. The molecule has 0 aliphatic carbocycles. The molecule has 3 atom stereocenters. The summed E-state index contributed by atoms with van der Waals surface area (Å²) >= 11 is 0. The van der Waals surface area contributed by atoms with Crippen LogP contribution in [0.1, 0.15) is 38.9 Å². The smallest absolute Gasteiger partial charge is 0.0945 e. The molecule has 0 spiro atoms. The average molecular weight is 276 g/mol. The summed E-state index contributed by atoms with van der Waals surface area (Å²) in [5, 5.41) is 10.7. The molecular weight excluding hydrogens is 248 g/mol. The van der Waals surface area contributed by atoms with Crippen LogP contribution in [-0.4, -0.2) is 53.2 Å². The van der Waals surface area contributed by atoms with Crippen LogP contribution < -0.4 is 0 Å². The molecule has 1 aliphatic rings. The largest absolute Gasteiger partial charge is 0.387 e. The molecule has 0 bridgehead atoms.